The molecule has 0 spiro atoms. The lowest BCUT2D eigenvalue weighted by Gasteiger charge is -2.28. The van der Waals surface area contributed by atoms with Crippen LogP contribution in [0.5, 0.6) is 5.75 Å². The van der Waals surface area contributed by atoms with E-state index < -0.39 is 0 Å². The SMILES string of the molecule is CC1(C)C(/C=C/c2ccc(N3CCCCC3)cc2)=[N+](Cc2ccc(C(=O)Oc3ccccc3)cc2)c2ccc3ccccc3c21. The van der Waals surface area contributed by atoms with Gasteiger partial charge in [-0.25, -0.2) is 4.79 Å². The van der Waals surface area contributed by atoms with Gasteiger partial charge in [0.05, 0.1) is 11.0 Å². The van der Waals surface area contributed by atoms with Crippen LogP contribution in [0, 0.1) is 0 Å². The van der Waals surface area contributed by atoms with Crippen molar-refractivity contribution in [2.24, 2.45) is 0 Å². The second-order valence-electron chi connectivity index (χ2n) is 12.6. The number of para-hydroxylation sites is 1. The molecule has 0 amide bonds. The van der Waals surface area contributed by atoms with Crippen LogP contribution in [0.3, 0.4) is 0 Å². The summed E-state index contributed by atoms with van der Waals surface area (Å²) in [7, 11) is 0. The minimum Gasteiger partial charge on any atom is -0.423 e. The molecule has 5 aromatic rings. The summed E-state index contributed by atoms with van der Waals surface area (Å²) in [4.78, 5) is 15.3. The number of carbonyl (C=O) groups excluding carboxylic acids is 1. The van der Waals surface area contributed by atoms with E-state index in [9.17, 15) is 4.79 Å². The minimum absolute atomic E-state index is 0.208. The maximum atomic E-state index is 12.8. The monoisotopic (exact) mass is 591 g/mol. The predicted molar refractivity (Wildman–Crippen MR) is 185 cm³/mol. The van der Waals surface area contributed by atoms with Crippen molar-refractivity contribution in [3.05, 3.63) is 144 Å². The lowest BCUT2D eigenvalue weighted by atomic mass is 9.79. The molecule has 5 aromatic carbocycles. The summed E-state index contributed by atoms with van der Waals surface area (Å²) >= 11 is 0. The molecule has 0 atom stereocenters. The van der Waals surface area contributed by atoms with E-state index in [0.717, 1.165) is 18.7 Å². The van der Waals surface area contributed by atoms with Crippen molar-refractivity contribution in [2.45, 2.75) is 45.1 Å². The molecule has 4 nitrogen and oxygen atoms in total. The lowest BCUT2D eigenvalue weighted by molar-refractivity contribution is -0.454. The number of carbonyl (C=O) groups is 1. The lowest BCUT2D eigenvalue weighted by Crippen LogP contribution is -2.29. The molecule has 224 valence electrons. The largest absolute Gasteiger partial charge is 0.423 e. The van der Waals surface area contributed by atoms with Crippen molar-refractivity contribution in [3.8, 4) is 5.75 Å². The summed E-state index contributed by atoms with van der Waals surface area (Å²) in [5, 5.41) is 2.54. The number of hydrogen-bond donors (Lipinski definition) is 0. The number of rotatable bonds is 7. The van der Waals surface area contributed by atoms with Gasteiger partial charge in [0, 0.05) is 42.0 Å². The molecule has 2 aliphatic heterocycles. The first-order valence-electron chi connectivity index (χ1n) is 16.0. The Morgan fingerprint density at radius 3 is 2.24 bits per heavy atom. The molecular weight excluding hydrogens is 552 g/mol. The van der Waals surface area contributed by atoms with Gasteiger partial charge >= 0.3 is 5.97 Å². The fourth-order valence-electron chi connectivity index (χ4n) is 6.91. The Balaban J connectivity index is 1.21. The van der Waals surface area contributed by atoms with Gasteiger partial charge in [0.25, 0.3) is 0 Å². The molecule has 1 fully saturated rings. The molecule has 7 rings (SSSR count). The highest BCUT2D eigenvalue weighted by atomic mass is 16.5. The summed E-state index contributed by atoms with van der Waals surface area (Å²) < 4.78 is 8.00. The molecule has 4 heteroatoms. The van der Waals surface area contributed by atoms with E-state index in [4.69, 9.17) is 4.74 Å². The van der Waals surface area contributed by atoms with E-state index in [1.54, 1.807) is 12.1 Å². The van der Waals surface area contributed by atoms with E-state index in [1.165, 1.54) is 58.2 Å². The Labute approximate surface area is 265 Å². The van der Waals surface area contributed by atoms with Crippen LogP contribution in [-0.4, -0.2) is 29.3 Å². The molecule has 0 unspecified atom stereocenters. The topological polar surface area (TPSA) is 32.5 Å². The third-order valence-electron chi connectivity index (χ3n) is 9.29. The van der Waals surface area contributed by atoms with Gasteiger partial charge < -0.3 is 9.64 Å². The Morgan fingerprint density at radius 1 is 0.778 bits per heavy atom. The Kier molecular flexibility index (Phi) is 7.81. The molecule has 2 aliphatic rings. The molecule has 0 bridgehead atoms. The van der Waals surface area contributed by atoms with Gasteiger partial charge in [0.15, 0.2) is 12.3 Å². The molecular formula is C41H39N2O2+. The number of hydrogen-bond acceptors (Lipinski definition) is 3. The molecule has 0 aliphatic carbocycles. The highest BCUT2D eigenvalue weighted by molar-refractivity contribution is 6.09. The van der Waals surface area contributed by atoms with Crippen molar-refractivity contribution in [1.82, 2.24) is 0 Å². The van der Waals surface area contributed by atoms with E-state index in [-0.39, 0.29) is 11.4 Å². The van der Waals surface area contributed by atoms with Gasteiger partial charge in [-0.1, -0.05) is 66.7 Å². The fraction of sp³-hybridized carbons (Fsp3) is 0.220. The normalized spacial score (nSPS) is 15.9. The standard InChI is InChI=1S/C41H39N2O2/c1-41(2)38(26-19-30-17-23-34(24-18-30)42-27-9-4-10-28-42)43(37-25-22-32-11-7-8-14-36(32)39(37)41)29-31-15-20-33(21-16-31)40(44)45-35-12-5-3-6-13-35/h3,5-8,11-26H,4,9-10,27-29H2,1-2H3/q+1. The van der Waals surface area contributed by atoms with Crippen LogP contribution in [0.25, 0.3) is 16.8 Å². The van der Waals surface area contributed by atoms with Gasteiger partial charge in [-0.3, -0.25) is 0 Å². The second-order valence-corrected chi connectivity index (χ2v) is 12.6. The first kappa shape index (κ1) is 28.8. The molecule has 2 heterocycles. The molecule has 1 saturated heterocycles. The zero-order valence-corrected chi connectivity index (χ0v) is 26.1. The summed E-state index contributed by atoms with van der Waals surface area (Å²) in [6, 6.07) is 39.2. The van der Waals surface area contributed by atoms with Crippen LogP contribution < -0.4 is 9.64 Å². The highest BCUT2D eigenvalue weighted by Crippen LogP contribution is 2.45. The minimum atomic E-state index is -0.353. The average Bonchev–Trinajstić information content (AvgIpc) is 3.30. The van der Waals surface area contributed by atoms with Crippen molar-refractivity contribution in [2.75, 3.05) is 18.0 Å². The third kappa shape index (κ3) is 5.81. The summed E-state index contributed by atoms with van der Waals surface area (Å²) in [5.74, 6) is 0.190. The van der Waals surface area contributed by atoms with E-state index in [0.29, 0.717) is 17.9 Å². The number of nitrogens with zero attached hydrogens (tertiary/aromatic N) is 2. The zero-order chi connectivity index (χ0) is 30.8. The van der Waals surface area contributed by atoms with Crippen LogP contribution in [0.1, 0.15) is 60.2 Å². The van der Waals surface area contributed by atoms with Crippen molar-refractivity contribution < 1.29 is 14.1 Å². The molecule has 0 radical (unpaired) electrons. The number of fused-ring (bicyclic) bond motifs is 3. The summed E-state index contributed by atoms with van der Waals surface area (Å²) in [5.41, 5.74) is 7.79. The Hall–Kier alpha value is -4.96. The first-order chi connectivity index (χ1) is 22.0. The van der Waals surface area contributed by atoms with Gasteiger partial charge in [-0.2, -0.15) is 4.58 Å². The van der Waals surface area contributed by atoms with E-state index in [2.05, 4.69) is 96.1 Å². The maximum absolute atomic E-state index is 12.8. The van der Waals surface area contributed by atoms with Crippen molar-refractivity contribution in [1.29, 1.82) is 0 Å². The van der Waals surface area contributed by atoms with Crippen LogP contribution in [0.4, 0.5) is 11.4 Å². The van der Waals surface area contributed by atoms with Gasteiger partial charge in [-0.05, 0) is 98.0 Å². The maximum Gasteiger partial charge on any atom is 0.343 e. The van der Waals surface area contributed by atoms with Crippen LogP contribution in [0.15, 0.2) is 121 Å². The fourth-order valence-corrected chi connectivity index (χ4v) is 6.91. The summed E-state index contributed by atoms with van der Waals surface area (Å²) in [6.45, 7) is 7.66. The number of piperidine rings is 1. The van der Waals surface area contributed by atoms with Crippen LogP contribution >= 0.6 is 0 Å². The van der Waals surface area contributed by atoms with E-state index >= 15 is 0 Å². The van der Waals surface area contributed by atoms with Gasteiger partial charge in [0.2, 0.25) is 5.69 Å². The highest BCUT2D eigenvalue weighted by Gasteiger charge is 2.45. The second kappa shape index (κ2) is 12.2. The predicted octanol–water partition coefficient (Wildman–Crippen LogP) is 9.34. The molecule has 0 saturated carbocycles. The summed E-state index contributed by atoms with van der Waals surface area (Å²) in [6.07, 6.45) is 8.45. The smallest absolute Gasteiger partial charge is 0.343 e. The van der Waals surface area contributed by atoms with Crippen molar-refractivity contribution in [3.63, 3.8) is 0 Å². The molecule has 0 aromatic heterocycles. The number of ether oxygens (including phenoxy) is 1. The molecule has 0 N–H and O–H groups in total. The quantitative estimate of drug-likeness (QED) is 0.107. The average molecular weight is 592 g/mol. The Morgan fingerprint density at radius 2 is 1.49 bits per heavy atom. The van der Waals surface area contributed by atoms with Crippen LogP contribution in [0.2, 0.25) is 0 Å². The number of benzene rings is 5. The zero-order valence-electron chi connectivity index (χ0n) is 26.1. The molecule has 45 heavy (non-hydrogen) atoms. The van der Waals surface area contributed by atoms with Crippen LogP contribution in [-0.2, 0) is 12.0 Å². The van der Waals surface area contributed by atoms with Crippen molar-refractivity contribution >= 4 is 39.9 Å². The number of allylic oxidation sites excluding steroid dienone is 1. The van der Waals surface area contributed by atoms with E-state index in [1.807, 2.05) is 42.5 Å². The Bertz CT molecular complexity index is 1900. The number of esters is 1. The van der Waals surface area contributed by atoms with Gasteiger partial charge in [0.1, 0.15) is 5.75 Å². The third-order valence-corrected chi connectivity index (χ3v) is 9.29. The first-order valence-corrected chi connectivity index (χ1v) is 16.0. The van der Waals surface area contributed by atoms with Gasteiger partial charge in [-0.15, -0.1) is 0 Å². The number of anilines is 1.